The van der Waals surface area contributed by atoms with E-state index in [4.69, 9.17) is 17.3 Å². The molecule has 0 radical (unpaired) electrons. The standard InChI is InChI=1S/C8H10ClNO2S2/c9-7-1-2-8(13-7)14(11,12)6-3-5(10)4-6/h1-2,5-6H,3-4,10H2. The largest absolute Gasteiger partial charge is 0.328 e. The Bertz CT molecular complexity index is 434. The van der Waals surface area contributed by atoms with Crippen molar-refractivity contribution < 1.29 is 8.42 Å². The molecule has 0 spiro atoms. The molecule has 1 aromatic rings. The van der Waals surface area contributed by atoms with Gasteiger partial charge in [0.2, 0.25) is 0 Å². The molecule has 1 heterocycles. The average Bonchev–Trinajstić information content (AvgIpc) is 2.46. The summed E-state index contributed by atoms with van der Waals surface area (Å²) < 4.78 is 24.6. The molecular weight excluding hydrogens is 242 g/mol. The van der Waals surface area contributed by atoms with Gasteiger partial charge >= 0.3 is 0 Å². The van der Waals surface area contributed by atoms with Crippen LogP contribution in [0.5, 0.6) is 0 Å². The van der Waals surface area contributed by atoms with Crippen molar-refractivity contribution in [3.63, 3.8) is 0 Å². The molecular formula is C8H10ClNO2S2. The topological polar surface area (TPSA) is 60.2 Å². The zero-order valence-corrected chi connectivity index (χ0v) is 9.70. The zero-order chi connectivity index (χ0) is 10.3. The highest BCUT2D eigenvalue weighted by atomic mass is 35.5. The van der Waals surface area contributed by atoms with E-state index in [1.165, 1.54) is 0 Å². The monoisotopic (exact) mass is 251 g/mol. The minimum absolute atomic E-state index is 0.0465. The van der Waals surface area contributed by atoms with Crippen LogP contribution in [0.25, 0.3) is 0 Å². The van der Waals surface area contributed by atoms with E-state index in [0.29, 0.717) is 21.4 Å². The molecule has 2 rings (SSSR count). The Morgan fingerprint density at radius 3 is 2.50 bits per heavy atom. The lowest BCUT2D eigenvalue weighted by atomic mass is 9.94. The van der Waals surface area contributed by atoms with E-state index in [2.05, 4.69) is 0 Å². The Morgan fingerprint density at radius 2 is 2.07 bits per heavy atom. The average molecular weight is 252 g/mol. The van der Waals surface area contributed by atoms with E-state index in [0.717, 1.165) is 11.3 Å². The molecule has 0 amide bonds. The molecule has 14 heavy (non-hydrogen) atoms. The fourth-order valence-electron chi connectivity index (χ4n) is 1.47. The van der Waals surface area contributed by atoms with Gasteiger partial charge in [-0.05, 0) is 25.0 Å². The molecule has 1 aliphatic rings. The predicted octanol–water partition coefficient (Wildman–Crippen LogP) is 1.66. The van der Waals surface area contributed by atoms with Crippen LogP contribution >= 0.6 is 22.9 Å². The minimum atomic E-state index is -3.16. The molecule has 6 heteroatoms. The van der Waals surface area contributed by atoms with E-state index >= 15 is 0 Å². The summed E-state index contributed by atoms with van der Waals surface area (Å²) in [7, 11) is -3.16. The summed E-state index contributed by atoms with van der Waals surface area (Å²) in [6.45, 7) is 0. The molecule has 3 nitrogen and oxygen atoms in total. The second-order valence-corrected chi connectivity index (χ2v) is 7.63. The van der Waals surface area contributed by atoms with Gasteiger partial charge in [-0.2, -0.15) is 0 Å². The van der Waals surface area contributed by atoms with Crippen LogP contribution in [0.1, 0.15) is 12.8 Å². The number of thiophene rings is 1. The maximum Gasteiger partial charge on any atom is 0.190 e. The van der Waals surface area contributed by atoms with E-state index < -0.39 is 9.84 Å². The third-order valence-electron chi connectivity index (χ3n) is 2.40. The van der Waals surface area contributed by atoms with Crippen LogP contribution in [-0.2, 0) is 9.84 Å². The maximum atomic E-state index is 11.9. The van der Waals surface area contributed by atoms with Crippen molar-refractivity contribution in [2.24, 2.45) is 5.73 Å². The molecule has 0 aromatic carbocycles. The molecule has 0 bridgehead atoms. The number of rotatable bonds is 2. The molecule has 0 unspecified atom stereocenters. The lowest BCUT2D eigenvalue weighted by molar-refractivity contribution is 0.409. The summed E-state index contributed by atoms with van der Waals surface area (Å²) in [5.74, 6) is 0. The SMILES string of the molecule is NC1CC(S(=O)(=O)c2ccc(Cl)s2)C1. The van der Waals surface area contributed by atoms with Gasteiger partial charge in [0, 0.05) is 6.04 Å². The van der Waals surface area contributed by atoms with Crippen molar-refractivity contribution in [1.29, 1.82) is 0 Å². The van der Waals surface area contributed by atoms with E-state index in [-0.39, 0.29) is 11.3 Å². The van der Waals surface area contributed by atoms with Crippen molar-refractivity contribution in [2.75, 3.05) is 0 Å². The van der Waals surface area contributed by atoms with Gasteiger partial charge in [-0.25, -0.2) is 8.42 Å². The maximum absolute atomic E-state index is 11.9. The quantitative estimate of drug-likeness (QED) is 0.870. The van der Waals surface area contributed by atoms with Crippen molar-refractivity contribution >= 4 is 32.8 Å². The highest BCUT2D eigenvalue weighted by Gasteiger charge is 2.38. The second kappa shape index (κ2) is 3.48. The molecule has 78 valence electrons. The number of sulfone groups is 1. The summed E-state index contributed by atoms with van der Waals surface area (Å²) in [5.41, 5.74) is 5.56. The number of nitrogens with two attached hydrogens (primary N) is 1. The van der Waals surface area contributed by atoms with Gasteiger partial charge < -0.3 is 5.73 Å². The Morgan fingerprint density at radius 1 is 1.43 bits per heavy atom. The molecule has 1 aromatic heterocycles. The van der Waals surface area contributed by atoms with Crippen LogP contribution in [0.2, 0.25) is 4.34 Å². The van der Waals surface area contributed by atoms with Crippen LogP contribution < -0.4 is 5.73 Å². The summed E-state index contributed by atoms with van der Waals surface area (Å²) in [5, 5.41) is -0.299. The van der Waals surface area contributed by atoms with Crippen molar-refractivity contribution in [3.05, 3.63) is 16.5 Å². The Labute approximate surface area is 91.8 Å². The predicted molar refractivity (Wildman–Crippen MR) is 57.5 cm³/mol. The number of hydrogen-bond acceptors (Lipinski definition) is 4. The Hall–Kier alpha value is -0.100. The minimum Gasteiger partial charge on any atom is -0.328 e. The first-order chi connectivity index (χ1) is 6.50. The third-order valence-corrected chi connectivity index (χ3v) is 6.33. The fourth-order valence-corrected chi connectivity index (χ4v) is 5.12. The van der Waals surface area contributed by atoms with Gasteiger partial charge in [0.1, 0.15) is 4.21 Å². The van der Waals surface area contributed by atoms with Crippen molar-refractivity contribution in [3.8, 4) is 0 Å². The molecule has 0 saturated heterocycles. The van der Waals surface area contributed by atoms with Crippen LogP contribution in [0.4, 0.5) is 0 Å². The molecule has 1 saturated carbocycles. The molecule has 2 N–H and O–H groups in total. The summed E-state index contributed by atoms with van der Waals surface area (Å²) in [4.78, 5) is 0. The van der Waals surface area contributed by atoms with Crippen molar-refractivity contribution in [1.82, 2.24) is 0 Å². The van der Waals surface area contributed by atoms with Crippen LogP contribution in [0, 0.1) is 0 Å². The molecule has 1 aliphatic carbocycles. The van der Waals surface area contributed by atoms with E-state index in [9.17, 15) is 8.42 Å². The van der Waals surface area contributed by atoms with Gasteiger partial charge in [-0.3, -0.25) is 0 Å². The smallest absolute Gasteiger partial charge is 0.190 e. The molecule has 0 aliphatic heterocycles. The first-order valence-corrected chi connectivity index (χ1v) is 6.99. The van der Waals surface area contributed by atoms with E-state index in [1.807, 2.05) is 0 Å². The Balaban J connectivity index is 2.25. The van der Waals surface area contributed by atoms with Crippen LogP contribution in [-0.4, -0.2) is 19.7 Å². The second-order valence-electron chi connectivity index (χ2n) is 3.46. The van der Waals surface area contributed by atoms with Crippen molar-refractivity contribution in [2.45, 2.75) is 28.3 Å². The lowest BCUT2D eigenvalue weighted by Gasteiger charge is -2.31. The first kappa shape index (κ1) is 10.4. The Kier molecular flexibility index (Phi) is 2.59. The highest BCUT2D eigenvalue weighted by Crippen LogP contribution is 2.34. The summed E-state index contributed by atoms with van der Waals surface area (Å²) in [6, 6.07) is 3.22. The summed E-state index contributed by atoms with van der Waals surface area (Å²) in [6.07, 6.45) is 1.13. The lowest BCUT2D eigenvalue weighted by Crippen LogP contribution is -2.44. The van der Waals surface area contributed by atoms with Gasteiger partial charge in [0.25, 0.3) is 0 Å². The van der Waals surface area contributed by atoms with Gasteiger partial charge in [0.15, 0.2) is 9.84 Å². The normalized spacial score (nSPS) is 27.3. The number of hydrogen-bond donors (Lipinski definition) is 1. The third kappa shape index (κ3) is 1.69. The van der Waals surface area contributed by atoms with Gasteiger partial charge in [-0.1, -0.05) is 11.6 Å². The van der Waals surface area contributed by atoms with E-state index in [1.54, 1.807) is 12.1 Å². The number of halogens is 1. The zero-order valence-electron chi connectivity index (χ0n) is 7.31. The molecule has 0 atom stereocenters. The van der Waals surface area contributed by atoms with Crippen LogP contribution in [0.15, 0.2) is 16.3 Å². The fraction of sp³-hybridized carbons (Fsp3) is 0.500. The molecule has 1 fully saturated rings. The summed E-state index contributed by atoms with van der Waals surface area (Å²) >= 11 is 6.80. The highest BCUT2D eigenvalue weighted by molar-refractivity contribution is 7.94. The van der Waals surface area contributed by atoms with Gasteiger partial charge in [0.05, 0.1) is 9.59 Å². The van der Waals surface area contributed by atoms with Gasteiger partial charge in [-0.15, -0.1) is 11.3 Å². The first-order valence-electron chi connectivity index (χ1n) is 4.25. The van der Waals surface area contributed by atoms with Crippen LogP contribution in [0.3, 0.4) is 0 Å².